The first kappa shape index (κ1) is 19.3. The lowest BCUT2D eigenvalue weighted by atomic mass is 9.95. The van der Waals surface area contributed by atoms with E-state index in [1.807, 2.05) is 6.07 Å². The normalized spacial score (nSPS) is 15.4. The molecule has 0 saturated heterocycles. The third-order valence-corrected chi connectivity index (χ3v) is 4.97. The highest BCUT2D eigenvalue weighted by Gasteiger charge is 2.34. The van der Waals surface area contributed by atoms with Crippen LogP contribution in [0.15, 0.2) is 53.7 Å². The number of aromatic nitrogens is 3. The number of ether oxygens (including phenoxy) is 2. The molecular weight excluding hydrogens is 386 g/mol. The highest BCUT2D eigenvalue weighted by Crippen LogP contribution is 2.39. The lowest BCUT2D eigenvalue weighted by Crippen LogP contribution is -2.31. The van der Waals surface area contributed by atoms with Gasteiger partial charge >= 0.3 is 0 Å². The van der Waals surface area contributed by atoms with E-state index in [9.17, 15) is 9.90 Å². The largest absolute Gasteiger partial charge is 0.508 e. The average Bonchev–Trinajstić information content (AvgIpc) is 3.15. The summed E-state index contributed by atoms with van der Waals surface area (Å²) in [4.78, 5) is 16.9. The van der Waals surface area contributed by atoms with Crippen molar-refractivity contribution in [2.45, 2.75) is 13.0 Å². The lowest BCUT2D eigenvalue weighted by Gasteiger charge is -2.28. The summed E-state index contributed by atoms with van der Waals surface area (Å²) in [5, 5.41) is 17.3. The van der Waals surface area contributed by atoms with Crippen LogP contribution in [0.3, 0.4) is 0 Å². The van der Waals surface area contributed by atoms with E-state index < -0.39 is 11.9 Å². The van der Waals surface area contributed by atoms with Crippen LogP contribution in [0, 0.1) is 0 Å². The Morgan fingerprint density at radius 1 is 1.13 bits per heavy atom. The summed E-state index contributed by atoms with van der Waals surface area (Å²) in [5.41, 5.74) is 8.15. The van der Waals surface area contributed by atoms with Crippen molar-refractivity contribution in [1.29, 1.82) is 0 Å². The smallest absolute Gasteiger partial charge is 0.248 e. The number of nitrogens with two attached hydrogens (primary N) is 1. The van der Waals surface area contributed by atoms with Crippen LogP contribution in [0.2, 0.25) is 0 Å². The van der Waals surface area contributed by atoms with Gasteiger partial charge in [0.15, 0.2) is 17.3 Å². The topological polar surface area (TPSA) is 125 Å². The second kappa shape index (κ2) is 7.43. The molecule has 2 aromatic carbocycles. The fourth-order valence-electron chi connectivity index (χ4n) is 3.53. The number of anilines is 1. The molecule has 9 heteroatoms. The Kier molecular flexibility index (Phi) is 4.78. The number of methoxy groups -OCH3 is 2. The number of aromatic hydroxyl groups is 1. The van der Waals surface area contributed by atoms with E-state index in [2.05, 4.69) is 15.4 Å². The summed E-state index contributed by atoms with van der Waals surface area (Å²) in [6.45, 7) is 1.77. The number of phenolic OH excluding ortho intramolecular Hbond substituents is 1. The van der Waals surface area contributed by atoms with Crippen molar-refractivity contribution in [3.63, 3.8) is 0 Å². The number of hydrogen-bond acceptors (Lipinski definition) is 7. The zero-order valence-electron chi connectivity index (χ0n) is 16.7. The lowest BCUT2D eigenvalue weighted by molar-refractivity contribution is -0.115. The predicted octanol–water partition coefficient (Wildman–Crippen LogP) is 2.44. The Morgan fingerprint density at radius 2 is 1.83 bits per heavy atom. The Labute approximate surface area is 172 Å². The molecule has 0 bridgehead atoms. The zero-order valence-corrected chi connectivity index (χ0v) is 16.7. The van der Waals surface area contributed by atoms with Crippen molar-refractivity contribution >= 4 is 11.9 Å². The first-order chi connectivity index (χ1) is 14.4. The number of carbonyl (C=O) groups excluding carboxylic acids is 1. The first-order valence-corrected chi connectivity index (χ1v) is 9.18. The molecule has 0 radical (unpaired) electrons. The van der Waals surface area contributed by atoms with Gasteiger partial charge < -0.3 is 25.6 Å². The van der Waals surface area contributed by atoms with Crippen LogP contribution in [0.4, 0.5) is 5.95 Å². The van der Waals surface area contributed by atoms with Crippen molar-refractivity contribution in [2.24, 2.45) is 5.73 Å². The molecule has 4 rings (SSSR count). The van der Waals surface area contributed by atoms with Crippen LogP contribution in [0.1, 0.15) is 18.5 Å². The maximum atomic E-state index is 12.3. The summed E-state index contributed by atoms with van der Waals surface area (Å²) in [5.74, 6) is 1.60. The van der Waals surface area contributed by atoms with Gasteiger partial charge in [-0.3, -0.25) is 4.79 Å². The van der Waals surface area contributed by atoms with Crippen molar-refractivity contribution in [2.75, 3.05) is 19.5 Å². The van der Waals surface area contributed by atoms with E-state index in [0.29, 0.717) is 34.5 Å². The Hall–Kier alpha value is -4.01. The summed E-state index contributed by atoms with van der Waals surface area (Å²) in [6.07, 6.45) is 0. The second-order valence-electron chi connectivity index (χ2n) is 6.80. The number of nitrogens with one attached hydrogen (secondary N) is 1. The van der Waals surface area contributed by atoms with Crippen LogP contribution in [-0.2, 0) is 4.79 Å². The number of fused-ring (bicyclic) bond motifs is 1. The summed E-state index contributed by atoms with van der Waals surface area (Å²) < 4.78 is 12.4. The van der Waals surface area contributed by atoms with Gasteiger partial charge in [0, 0.05) is 11.3 Å². The first-order valence-electron chi connectivity index (χ1n) is 9.18. The van der Waals surface area contributed by atoms with E-state index in [0.717, 1.165) is 11.1 Å². The van der Waals surface area contributed by atoms with Gasteiger partial charge in [-0.15, -0.1) is 5.10 Å². The van der Waals surface area contributed by atoms with E-state index >= 15 is 0 Å². The van der Waals surface area contributed by atoms with Crippen LogP contribution in [0.5, 0.6) is 17.2 Å². The van der Waals surface area contributed by atoms with Crippen molar-refractivity contribution in [1.82, 2.24) is 14.8 Å². The molecule has 4 N–H and O–H groups in total. The number of amides is 1. The van der Waals surface area contributed by atoms with Gasteiger partial charge in [0.05, 0.1) is 19.8 Å². The minimum absolute atomic E-state index is 0.151. The number of phenols is 1. The predicted molar refractivity (Wildman–Crippen MR) is 110 cm³/mol. The number of primary amides is 1. The van der Waals surface area contributed by atoms with Gasteiger partial charge in [0.1, 0.15) is 11.8 Å². The molecular formula is C21H21N5O4. The summed E-state index contributed by atoms with van der Waals surface area (Å²) in [7, 11) is 3.10. The SMILES string of the molecule is COc1ccc(C2C(C(N)=O)=C(C)Nc3nc(-c4ccc(O)cc4)nn32)cc1OC. The fourth-order valence-corrected chi connectivity index (χ4v) is 3.53. The van der Waals surface area contributed by atoms with Crippen LogP contribution in [-0.4, -0.2) is 40.0 Å². The standard InChI is InChI=1S/C21H21N5O4/c1-11-17(19(22)28)18(13-6-9-15(29-2)16(10-13)30-3)26-21(23-11)24-20(25-26)12-4-7-14(27)8-5-12/h4-10,18,27H,1-3H3,(H2,22,28)(H,23,24,25). The molecule has 2 heterocycles. The van der Waals surface area contributed by atoms with E-state index in [-0.39, 0.29) is 5.75 Å². The molecule has 1 amide bonds. The minimum Gasteiger partial charge on any atom is -0.508 e. The quantitative estimate of drug-likeness (QED) is 0.593. The van der Waals surface area contributed by atoms with Gasteiger partial charge in [-0.05, 0) is 48.9 Å². The molecule has 1 unspecified atom stereocenters. The Bertz CT molecular complexity index is 1150. The van der Waals surface area contributed by atoms with Gasteiger partial charge in [0.25, 0.3) is 0 Å². The second-order valence-corrected chi connectivity index (χ2v) is 6.80. The third-order valence-electron chi connectivity index (χ3n) is 4.97. The van der Waals surface area contributed by atoms with Crippen molar-refractivity contribution in [3.8, 4) is 28.6 Å². The molecule has 1 atom stereocenters. The Morgan fingerprint density at radius 3 is 2.47 bits per heavy atom. The number of benzene rings is 2. The van der Waals surface area contributed by atoms with Gasteiger partial charge in [-0.2, -0.15) is 4.98 Å². The maximum Gasteiger partial charge on any atom is 0.248 e. The molecule has 1 aliphatic rings. The van der Waals surface area contributed by atoms with Gasteiger partial charge in [0.2, 0.25) is 11.9 Å². The highest BCUT2D eigenvalue weighted by atomic mass is 16.5. The van der Waals surface area contributed by atoms with Gasteiger partial charge in [-0.1, -0.05) is 6.07 Å². The van der Waals surface area contributed by atoms with Gasteiger partial charge in [-0.25, -0.2) is 4.68 Å². The Balaban J connectivity index is 1.88. The average molecular weight is 407 g/mol. The molecule has 154 valence electrons. The molecule has 0 fully saturated rings. The monoisotopic (exact) mass is 407 g/mol. The molecule has 1 aromatic heterocycles. The van der Waals surface area contributed by atoms with E-state index in [1.54, 1.807) is 62.2 Å². The van der Waals surface area contributed by atoms with E-state index in [1.165, 1.54) is 0 Å². The number of allylic oxidation sites excluding steroid dienone is 1. The number of carbonyl (C=O) groups is 1. The highest BCUT2D eigenvalue weighted by molar-refractivity contribution is 5.95. The van der Waals surface area contributed by atoms with Crippen LogP contribution in [0.25, 0.3) is 11.4 Å². The maximum absolute atomic E-state index is 12.3. The molecule has 0 saturated carbocycles. The number of nitrogens with zero attached hydrogens (tertiary/aromatic N) is 3. The third kappa shape index (κ3) is 3.20. The summed E-state index contributed by atoms with van der Waals surface area (Å²) in [6, 6.07) is 11.4. The molecule has 3 aromatic rings. The number of hydrogen-bond donors (Lipinski definition) is 3. The zero-order chi connectivity index (χ0) is 21.4. The van der Waals surface area contributed by atoms with Crippen molar-refractivity contribution < 1.29 is 19.4 Å². The molecule has 0 spiro atoms. The van der Waals surface area contributed by atoms with Crippen molar-refractivity contribution in [3.05, 3.63) is 59.3 Å². The van der Waals surface area contributed by atoms with E-state index in [4.69, 9.17) is 15.2 Å². The summed E-state index contributed by atoms with van der Waals surface area (Å²) >= 11 is 0. The number of rotatable bonds is 5. The molecule has 9 nitrogen and oxygen atoms in total. The molecule has 30 heavy (non-hydrogen) atoms. The van der Waals surface area contributed by atoms with Crippen LogP contribution >= 0.6 is 0 Å². The molecule has 0 aliphatic carbocycles. The van der Waals surface area contributed by atoms with Crippen LogP contribution < -0.4 is 20.5 Å². The fraction of sp³-hybridized carbons (Fsp3) is 0.190. The minimum atomic E-state index is -0.600. The molecule has 1 aliphatic heterocycles.